The van der Waals surface area contributed by atoms with E-state index in [0.717, 1.165) is 5.69 Å². The summed E-state index contributed by atoms with van der Waals surface area (Å²) in [7, 11) is 6.64. The smallest absolute Gasteiger partial charge is 0.161 e. The van der Waals surface area contributed by atoms with Gasteiger partial charge in [0, 0.05) is 18.7 Å². The summed E-state index contributed by atoms with van der Waals surface area (Å²) >= 11 is 0. The van der Waals surface area contributed by atoms with Gasteiger partial charge in [-0.1, -0.05) is 6.07 Å². The second kappa shape index (κ2) is 5.92. The van der Waals surface area contributed by atoms with Crippen LogP contribution in [0.2, 0.25) is 0 Å². The Hall–Kier alpha value is -2.08. The van der Waals surface area contributed by atoms with Gasteiger partial charge in [-0.25, -0.2) is 4.39 Å². The molecule has 0 fully saturated rings. The topological polar surface area (TPSA) is 48.3 Å². The molecule has 0 amide bonds. The minimum atomic E-state index is -0.358. The lowest BCUT2D eigenvalue weighted by Gasteiger charge is -2.19. The number of halogens is 1. The van der Waals surface area contributed by atoms with Crippen molar-refractivity contribution in [2.75, 3.05) is 21.3 Å². The fraction of sp³-hybridized carbons (Fsp3) is 0.357. The standard InChI is InChI=1S/C14H18FN3O2/c1-16-13(14-12(20-4)8-17-18(14)2)10-6-5-9(19-3)7-11(10)15/h5-8,13,16H,1-4H3. The van der Waals surface area contributed by atoms with Gasteiger partial charge in [0.05, 0.1) is 26.5 Å². The van der Waals surface area contributed by atoms with E-state index in [-0.39, 0.29) is 11.9 Å². The highest BCUT2D eigenvalue weighted by Crippen LogP contribution is 2.31. The van der Waals surface area contributed by atoms with Crippen molar-refractivity contribution in [3.05, 3.63) is 41.5 Å². The van der Waals surface area contributed by atoms with E-state index in [2.05, 4.69) is 10.4 Å². The molecular formula is C14H18FN3O2. The van der Waals surface area contributed by atoms with Crippen molar-refractivity contribution in [2.45, 2.75) is 6.04 Å². The summed E-state index contributed by atoms with van der Waals surface area (Å²) in [4.78, 5) is 0. The molecule has 1 N–H and O–H groups in total. The molecule has 0 aliphatic heterocycles. The third kappa shape index (κ3) is 2.46. The number of aromatic nitrogens is 2. The third-order valence-corrected chi connectivity index (χ3v) is 3.25. The highest BCUT2D eigenvalue weighted by Gasteiger charge is 2.23. The summed E-state index contributed by atoms with van der Waals surface area (Å²) in [5, 5.41) is 7.24. The number of nitrogens with zero attached hydrogens (tertiary/aromatic N) is 2. The molecule has 1 aromatic carbocycles. The number of benzene rings is 1. The first kappa shape index (κ1) is 14.3. The lowest BCUT2D eigenvalue weighted by atomic mass is 10.0. The monoisotopic (exact) mass is 279 g/mol. The van der Waals surface area contributed by atoms with Crippen molar-refractivity contribution < 1.29 is 13.9 Å². The van der Waals surface area contributed by atoms with Crippen LogP contribution in [-0.2, 0) is 7.05 Å². The Kier molecular flexibility index (Phi) is 4.24. The number of rotatable bonds is 5. The molecule has 1 unspecified atom stereocenters. The van der Waals surface area contributed by atoms with Gasteiger partial charge in [0.2, 0.25) is 0 Å². The first-order valence-electron chi connectivity index (χ1n) is 6.19. The molecule has 0 spiro atoms. The molecule has 6 heteroatoms. The maximum Gasteiger partial charge on any atom is 0.161 e. The lowest BCUT2D eigenvalue weighted by Crippen LogP contribution is -2.22. The minimum Gasteiger partial charge on any atom is -0.497 e. The maximum absolute atomic E-state index is 14.2. The largest absolute Gasteiger partial charge is 0.497 e. The predicted octanol–water partition coefficient (Wildman–Crippen LogP) is 1.89. The van der Waals surface area contributed by atoms with E-state index in [0.29, 0.717) is 17.1 Å². The highest BCUT2D eigenvalue weighted by molar-refractivity contribution is 5.39. The molecule has 1 heterocycles. The van der Waals surface area contributed by atoms with Crippen LogP contribution in [0, 0.1) is 5.82 Å². The Morgan fingerprint density at radius 1 is 1.30 bits per heavy atom. The van der Waals surface area contributed by atoms with E-state index in [4.69, 9.17) is 9.47 Å². The Morgan fingerprint density at radius 3 is 2.60 bits per heavy atom. The van der Waals surface area contributed by atoms with Gasteiger partial charge in [-0.3, -0.25) is 4.68 Å². The van der Waals surface area contributed by atoms with Crippen LogP contribution in [0.15, 0.2) is 24.4 Å². The summed E-state index contributed by atoms with van der Waals surface area (Å²) in [5.41, 5.74) is 1.27. The molecule has 0 saturated heterocycles. The fourth-order valence-electron chi connectivity index (χ4n) is 2.22. The molecule has 2 rings (SSSR count). The van der Waals surface area contributed by atoms with Gasteiger partial charge >= 0.3 is 0 Å². The number of methoxy groups -OCH3 is 2. The molecule has 0 bridgehead atoms. The van der Waals surface area contributed by atoms with Gasteiger partial charge in [-0.2, -0.15) is 5.10 Å². The molecule has 0 aliphatic carbocycles. The van der Waals surface area contributed by atoms with Crippen molar-refractivity contribution in [2.24, 2.45) is 7.05 Å². The van der Waals surface area contributed by atoms with Gasteiger partial charge in [0.1, 0.15) is 17.3 Å². The van der Waals surface area contributed by atoms with Crippen LogP contribution in [0.25, 0.3) is 0 Å². The Bertz CT molecular complexity index is 598. The number of aryl methyl sites for hydroxylation is 1. The van der Waals surface area contributed by atoms with Crippen LogP contribution in [0.4, 0.5) is 4.39 Å². The van der Waals surface area contributed by atoms with Gasteiger partial charge in [0.25, 0.3) is 0 Å². The number of hydrogen-bond acceptors (Lipinski definition) is 4. The first-order valence-corrected chi connectivity index (χ1v) is 6.19. The summed E-state index contributed by atoms with van der Waals surface area (Å²) in [6.07, 6.45) is 1.61. The van der Waals surface area contributed by atoms with E-state index >= 15 is 0 Å². The molecule has 1 atom stereocenters. The van der Waals surface area contributed by atoms with E-state index in [1.54, 1.807) is 44.2 Å². The zero-order chi connectivity index (χ0) is 14.7. The maximum atomic E-state index is 14.2. The molecule has 2 aromatic rings. The molecular weight excluding hydrogens is 261 g/mol. The molecule has 5 nitrogen and oxygen atoms in total. The molecule has 108 valence electrons. The van der Waals surface area contributed by atoms with Gasteiger partial charge in [-0.15, -0.1) is 0 Å². The zero-order valence-electron chi connectivity index (χ0n) is 12.0. The van der Waals surface area contributed by atoms with Crippen LogP contribution in [0.1, 0.15) is 17.3 Å². The van der Waals surface area contributed by atoms with Crippen molar-refractivity contribution in [1.29, 1.82) is 0 Å². The normalized spacial score (nSPS) is 12.2. The average Bonchev–Trinajstić information content (AvgIpc) is 2.82. The van der Waals surface area contributed by atoms with Gasteiger partial charge in [0.15, 0.2) is 5.75 Å². The van der Waals surface area contributed by atoms with Crippen molar-refractivity contribution >= 4 is 0 Å². The van der Waals surface area contributed by atoms with Crippen molar-refractivity contribution in [1.82, 2.24) is 15.1 Å². The van der Waals surface area contributed by atoms with E-state index in [1.807, 2.05) is 0 Å². The van der Waals surface area contributed by atoms with Gasteiger partial charge < -0.3 is 14.8 Å². The highest BCUT2D eigenvalue weighted by atomic mass is 19.1. The predicted molar refractivity (Wildman–Crippen MR) is 73.6 cm³/mol. The van der Waals surface area contributed by atoms with Crippen LogP contribution >= 0.6 is 0 Å². The summed E-state index contributed by atoms with van der Waals surface area (Å²) < 4.78 is 26.2. The Balaban J connectivity index is 2.49. The summed E-state index contributed by atoms with van der Waals surface area (Å²) in [6.45, 7) is 0. The van der Waals surface area contributed by atoms with Crippen LogP contribution in [-0.4, -0.2) is 31.0 Å². The molecule has 1 aromatic heterocycles. The molecule has 0 radical (unpaired) electrons. The quantitative estimate of drug-likeness (QED) is 0.908. The van der Waals surface area contributed by atoms with Crippen LogP contribution in [0.3, 0.4) is 0 Å². The second-order valence-electron chi connectivity index (χ2n) is 4.33. The summed E-state index contributed by atoms with van der Waals surface area (Å²) in [6, 6.07) is 4.43. The fourth-order valence-corrected chi connectivity index (χ4v) is 2.22. The number of ether oxygens (including phenoxy) is 2. The SMILES string of the molecule is CNC(c1ccc(OC)cc1F)c1c(OC)cnn1C. The molecule has 0 aliphatic rings. The van der Waals surface area contributed by atoms with Crippen molar-refractivity contribution in [3.8, 4) is 11.5 Å². The minimum absolute atomic E-state index is 0.341. The van der Waals surface area contributed by atoms with E-state index in [9.17, 15) is 4.39 Å². The second-order valence-corrected chi connectivity index (χ2v) is 4.33. The van der Waals surface area contributed by atoms with Gasteiger partial charge in [-0.05, 0) is 13.1 Å². The van der Waals surface area contributed by atoms with E-state index in [1.165, 1.54) is 13.2 Å². The molecule has 20 heavy (non-hydrogen) atoms. The third-order valence-electron chi connectivity index (χ3n) is 3.25. The zero-order valence-corrected chi connectivity index (χ0v) is 12.0. The summed E-state index contributed by atoms with van der Waals surface area (Å²) in [5.74, 6) is 0.757. The van der Waals surface area contributed by atoms with Crippen molar-refractivity contribution in [3.63, 3.8) is 0 Å². The Morgan fingerprint density at radius 2 is 2.05 bits per heavy atom. The lowest BCUT2D eigenvalue weighted by molar-refractivity contribution is 0.400. The van der Waals surface area contributed by atoms with Crippen LogP contribution < -0.4 is 14.8 Å². The number of hydrogen-bond donors (Lipinski definition) is 1. The van der Waals surface area contributed by atoms with E-state index < -0.39 is 0 Å². The first-order chi connectivity index (χ1) is 9.62. The average molecular weight is 279 g/mol. The molecule has 0 saturated carbocycles. The Labute approximate surface area is 117 Å². The van der Waals surface area contributed by atoms with Crippen LogP contribution in [0.5, 0.6) is 11.5 Å². The number of nitrogens with one attached hydrogen (secondary N) is 1.